The molecule has 17 heavy (non-hydrogen) atoms. The van der Waals surface area contributed by atoms with Crippen LogP contribution in [0.3, 0.4) is 0 Å². The van der Waals surface area contributed by atoms with Crippen molar-refractivity contribution in [3.05, 3.63) is 39.1 Å². The molecule has 0 atom stereocenters. The normalized spacial score (nSPS) is 10.9. The molecule has 5 nitrogen and oxygen atoms in total. The molecule has 2 aromatic heterocycles. The van der Waals surface area contributed by atoms with E-state index < -0.39 is 5.91 Å². The molecule has 0 spiro atoms. The second-order valence-corrected chi connectivity index (χ2v) is 4.41. The average Bonchev–Trinajstić information content (AvgIpc) is 2.87. The Kier molecular flexibility index (Phi) is 3.50. The number of halogens is 2. The summed E-state index contributed by atoms with van der Waals surface area (Å²) in [6.45, 7) is 0. The van der Waals surface area contributed by atoms with Gasteiger partial charge >= 0.3 is 0 Å². The summed E-state index contributed by atoms with van der Waals surface area (Å²) in [4.78, 5) is 12.1. The molecule has 0 aliphatic carbocycles. The lowest BCUT2D eigenvalue weighted by atomic mass is 10.4. The third-order valence-electron chi connectivity index (χ3n) is 1.77. The Labute approximate surface area is 104 Å². The maximum absolute atomic E-state index is 12.6. The zero-order valence-corrected chi connectivity index (χ0v) is 9.85. The largest absolute Gasteiger partial charge is 0.290 e. The zero-order valence-electron chi connectivity index (χ0n) is 8.28. The number of hydrogen-bond donors (Lipinski definition) is 2. The highest BCUT2D eigenvalue weighted by Crippen LogP contribution is 2.12. The van der Waals surface area contributed by atoms with E-state index in [0.29, 0.717) is 4.88 Å². The summed E-state index contributed by atoms with van der Waals surface area (Å²) < 4.78 is 12.6. The van der Waals surface area contributed by atoms with E-state index >= 15 is 0 Å². The zero-order chi connectivity index (χ0) is 12.3. The van der Waals surface area contributed by atoms with Gasteiger partial charge in [0.05, 0.1) is 22.3 Å². The highest BCUT2D eigenvalue weighted by Gasteiger charge is 2.10. The van der Waals surface area contributed by atoms with Crippen LogP contribution >= 0.6 is 22.9 Å². The van der Waals surface area contributed by atoms with Gasteiger partial charge < -0.3 is 0 Å². The van der Waals surface area contributed by atoms with Crippen molar-refractivity contribution >= 4 is 35.1 Å². The summed E-state index contributed by atoms with van der Waals surface area (Å²) in [7, 11) is 0. The third kappa shape index (κ3) is 2.89. The predicted molar refractivity (Wildman–Crippen MR) is 62.9 cm³/mol. The third-order valence-corrected chi connectivity index (χ3v) is 2.87. The predicted octanol–water partition coefficient (Wildman–Crippen LogP) is 2.03. The number of hydrazone groups is 1. The van der Waals surface area contributed by atoms with Gasteiger partial charge in [-0.05, 0) is 12.1 Å². The van der Waals surface area contributed by atoms with Gasteiger partial charge in [0, 0.05) is 0 Å². The minimum Gasteiger partial charge on any atom is -0.271 e. The Balaban J connectivity index is 1.97. The first-order chi connectivity index (χ1) is 8.16. The first kappa shape index (κ1) is 11.7. The van der Waals surface area contributed by atoms with E-state index in [1.807, 2.05) is 0 Å². The van der Waals surface area contributed by atoms with Gasteiger partial charge in [0.25, 0.3) is 5.91 Å². The minimum atomic E-state index is -0.513. The van der Waals surface area contributed by atoms with Gasteiger partial charge in [-0.25, -0.2) is 5.43 Å². The standard InChI is InChI=1S/C9H6ClFN4OS/c10-6-4-13-14-8(6)9(16)15-12-3-5-1-2-7(11)17-5/h1-4H,(H,13,14)(H,15,16)/b12-3+. The monoisotopic (exact) mass is 272 g/mol. The number of nitrogens with one attached hydrogen (secondary N) is 2. The van der Waals surface area contributed by atoms with Crippen molar-refractivity contribution < 1.29 is 9.18 Å². The Morgan fingerprint density at radius 1 is 1.65 bits per heavy atom. The second-order valence-electron chi connectivity index (χ2n) is 2.93. The number of aromatic amines is 1. The molecule has 88 valence electrons. The molecular formula is C9H6ClFN4OS. The molecule has 2 rings (SSSR count). The fourth-order valence-corrected chi connectivity index (χ4v) is 1.82. The maximum Gasteiger partial charge on any atom is 0.290 e. The van der Waals surface area contributed by atoms with Gasteiger partial charge in [0.1, 0.15) is 5.69 Å². The molecule has 1 amide bonds. The molecule has 2 aromatic rings. The number of carbonyl (C=O) groups excluding carboxylic acids is 1. The van der Waals surface area contributed by atoms with E-state index in [1.54, 1.807) is 6.07 Å². The average molecular weight is 273 g/mol. The Morgan fingerprint density at radius 2 is 2.47 bits per heavy atom. The fraction of sp³-hybridized carbons (Fsp3) is 0. The molecule has 8 heteroatoms. The number of thiophene rings is 1. The Morgan fingerprint density at radius 3 is 3.06 bits per heavy atom. The first-order valence-corrected chi connectivity index (χ1v) is 5.64. The quantitative estimate of drug-likeness (QED) is 0.663. The van der Waals surface area contributed by atoms with Crippen LogP contribution in [0.15, 0.2) is 23.4 Å². The number of H-pyrrole nitrogens is 1. The molecule has 0 unspecified atom stereocenters. The summed E-state index contributed by atoms with van der Waals surface area (Å²) in [5, 5.41) is 9.59. The van der Waals surface area contributed by atoms with E-state index in [0.717, 1.165) is 11.3 Å². The van der Waals surface area contributed by atoms with Gasteiger partial charge in [-0.15, -0.1) is 11.3 Å². The molecule has 2 heterocycles. The van der Waals surface area contributed by atoms with Gasteiger partial charge in [0.2, 0.25) is 0 Å². The van der Waals surface area contributed by atoms with Crippen LogP contribution in [0.25, 0.3) is 0 Å². The summed E-state index contributed by atoms with van der Waals surface area (Å²) in [6.07, 6.45) is 2.66. The number of amides is 1. The van der Waals surface area contributed by atoms with Crippen LogP contribution in [0.1, 0.15) is 15.4 Å². The van der Waals surface area contributed by atoms with E-state index in [-0.39, 0.29) is 15.8 Å². The van der Waals surface area contributed by atoms with Crippen LogP contribution in [0.4, 0.5) is 4.39 Å². The van der Waals surface area contributed by atoms with Crippen molar-refractivity contribution in [1.82, 2.24) is 15.6 Å². The summed E-state index contributed by atoms with van der Waals surface area (Å²) in [5.74, 6) is -0.513. The van der Waals surface area contributed by atoms with Gasteiger partial charge in [-0.2, -0.15) is 14.6 Å². The molecule has 2 N–H and O–H groups in total. The molecule has 0 aromatic carbocycles. The second kappa shape index (κ2) is 5.07. The lowest BCUT2D eigenvalue weighted by molar-refractivity contribution is 0.0950. The highest BCUT2D eigenvalue weighted by atomic mass is 35.5. The molecular weight excluding hydrogens is 267 g/mol. The molecule has 0 saturated carbocycles. The van der Waals surface area contributed by atoms with E-state index in [1.165, 1.54) is 18.5 Å². The Bertz CT molecular complexity index is 565. The van der Waals surface area contributed by atoms with Gasteiger partial charge in [-0.1, -0.05) is 11.6 Å². The number of hydrogen-bond acceptors (Lipinski definition) is 4. The molecule has 0 aliphatic rings. The number of nitrogens with zero attached hydrogens (tertiary/aromatic N) is 2. The van der Waals surface area contributed by atoms with E-state index in [2.05, 4.69) is 20.7 Å². The van der Waals surface area contributed by atoms with Crippen LogP contribution in [0, 0.1) is 5.13 Å². The van der Waals surface area contributed by atoms with Crippen molar-refractivity contribution in [2.24, 2.45) is 5.10 Å². The highest BCUT2D eigenvalue weighted by molar-refractivity contribution is 7.12. The smallest absolute Gasteiger partial charge is 0.271 e. The van der Waals surface area contributed by atoms with Crippen molar-refractivity contribution in [2.45, 2.75) is 0 Å². The Hall–Kier alpha value is -1.73. The van der Waals surface area contributed by atoms with Crippen LogP contribution in [-0.4, -0.2) is 22.3 Å². The van der Waals surface area contributed by atoms with Crippen molar-refractivity contribution in [3.8, 4) is 0 Å². The molecule has 0 aliphatic heterocycles. The van der Waals surface area contributed by atoms with Crippen LogP contribution in [0.5, 0.6) is 0 Å². The van der Waals surface area contributed by atoms with E-state index in [4.69, 9.17) is 11.6 Å². The fourth-order valence-electron chi connectivity index (χ4n) is 1.04. The SMILES string of the molecule is O=C(N/N=C/c1ccc(F)s1)c1[nH]ncc1Cl. The molecule has 0 fully saturated rings. The lowest BCUT2D eigenvalue weighted by Crippen LogP contribution is -2.18. The summed E-state index contributed by atoms with van der Waals surface area (Å²) in [5.41, 5.74) is 2.37. The molecule has 0 bridgehead atoms. The van der Waals surface area contributed by atoms with Crippen LogP contribution < -0.4 is 5.43 Å². The molecule has 0 radical (unpaired) electrons. The summed E-state index contributed by atoms with van der Waals surface area (Å²) >= 11 is 6.61. The lowest BCUT2D eigenvalue weighted by Gasteiger charge is -1.95. The minimum absolute atomic E-state index is 0.126. The van der Waals surface area contributed by atoms with Crippen LogP contribution in [-0.2, 0) is 0 Å². The number of carbonyl (C=O) groups is 1. The number of aromatic nitrogens is 2. The van der Waals surface area contributed by atoms with Gasteiger partial charge in [0.15, 0.2) is 5.13 Å². The maximum atomic E-state index is 12.6. The van der Waals surface area contributed by atoms with Crippen molar-refractivity contribution in [3.63, 3.8) is 0 Å². The first-order valence-electron chi connectivity index (χ1n) is 4.44. The topological polar surface area (TPSA) is 70.1 Å². The van der Waals surface area contributed by atoms with Crippen LogP contribution in [0.2, 0.25) is 5.02 Å². The van der Waals surface area contributed by atoms with Gasteiger partial charge in [-0.3, -0.25) is 9.89 Å². The summed E-state index contributed by atoms with van der Waals surface area (Å²) in [6, 6.07) is 2.87. The molecule has 0 saturated heterocycles. The number of rotatable bonds is 3. The van der Waals surface area contributed by atoms with Crippen molar-refractivity contribution in [2.75, 3.05) is 0 Å². The van der Waals surface area contributed by atoms with Crippen molar-refractivity contribution in [1.29, 1.82) is 0 Å². The van der Waals surface area contributed by atoms with E-state index in [9.17, 15) is 9.18 Å².